The van der Waals surface area contributed by atoms with Crippen molar-refractivity contribution in [1.29, 1.82) is 0 Å². The Morgan fingerprint density at radius 2 is 1.86 bits per heavy atom. The lowest BCUT2D eigenvalue weighted by atomic mass is 10.1. The summed E-state index contributed by atoms with van der Waals surface area (Å²) < 4.78 is 0. The van der Waals surface area contributed by atoms with Gasteiger partial charge < -0.3 is 21.5 Å². The first kappa shape index (κ1) is 20.4. The third-order valence-corrected chi connectivity index (χ3v) is 3.11. The number of carbonyl (C=O) groups excluding carboxylic acids is 2. The van der Waals surface area contributed by atoms with Crippen LogP contribution in [0.25, 0.3) is 0 Å². The maximum Gasteiger partial charge on any atom is 0.239 e. The second-order valence-corrected chi connectivity index (χ2v) is 5.24. The van der Waals surface area contributed by atoms with E-state index in [1.165, 1.54) is 0 Å². The van der Waals surface area contributed by atoms with Crippen LogP contribution in [-0.4, -0.2) is 29.5 Å². The summed E-state index contributed by atoms with van der Waals surface area (Å²) >= 11 is 0. The van der Waals surface area contributed by atoms with Gasteiger partial charge in [-0.15, -0.1) is 12.4 Å². The van der Waals surface area contributed by atoms with E-state index in [0.29, 0.717) is 6.54 Å². The minimum Gasteiger partial charge on any atom is -0.392 e. The first-order chi connectivity index (χ1) is 9.93. The van der Waals surface area contributed by atoms with Gasteiger partial charge in [0.25, 0.3) is 0 Å². The van der Waals surface area contributed by atoms with E-state index in [1.54, 1.807) is 6.07 Å². The van der Waals surface area contributed by atoms with E-state index < -0.39 is 6.04 Å². The molecule has 0 aromatic heterocycles. The molecule has 0 aliphatic rings. The number of halogens is 1. The van der Waals surface area contributed by atoms with Gasteiger partial charge in [0, 0.05) is 6.54 Å². The smallest absolute Gasteiger partial charge is 0.239 e. The highest BCUT2D eigenvalue weighted by molar-refractivity contribution is 5.87. The van der Waals surface area contributed by atoms with Crippen LogP contribution in [0.1, 0.15) is 25.0 Å². The van der Waals surface area contributed by atoms with E-state index >= 15 is 0 Å². The van der Waals surface area contributed by atoms with E-state index in [0.717, 1.165) is 11.1 Å². The molecule has 7 heteroatoms. The standard InChI is InChI=1S/C15H23N3O3.ClH/c1-10(2)14(16)15(21)18-8-13(20)17-7-11-4-3-5-12(6-11)9-19;/h3-6,10,14,19H,7-9,16H2,1-2H3,(H,17,20)(H,18,21);1H/t14-;/m0./s1. The van der Waals surface area contributed by atoms with Gasteiger partial charge in [-0.05, 0) is 17.0 Å². The molecule has 0 saturated carbocycles. The third-order valence-electron chi connectivity index (χ3n) is 3.11. The van der Waals surface area contributed by atoms with E-state index in [4.69, 9.17) is 10.8 Å². The van der Waals surface area contributed by atoms with E-state index in [9.17, 15) is 9.59 Å². The van der Waals surface area contributed by atoms with Crippen molar-refractivity contribution in [3.8, 4) is 0 Å². The zero-order chi connectivity index (χ0) is 15.8. The second-order valence-electron chi connectivity index (χ2n) is 5.24. The number of carbonyl (C=O) groups is 2. The largest absolute Gasteiger partial charge is 0.392 e. The molecule has 6 nitrogen and oxygen atoms in total. The average Bonchev–Trinajstić information content (AvgIpc) is 2.49. The fourth-order valence-electron chi connectivity index (χ4n) is 1.69. The molecule has 22 heavy (non-hydrogen) atoms. The minimum absolute atomic E-state index is 0. The number of rotatable bonds is 7. The Hall–Kier alpha value is -1.63. The fraction of sp³-hybridized carbons (Fsp3) is 0.467. The van der Waals surface area contributed by atoms with Crippen LogP contribution in [0, 0.1) is 5.92 Å². The van der Waals surface area contributed by atoms with Crippen LogP contribution in [0.2, 0.25) is 0 Å². The van der Waals surface area contributed by atoms with Gasteiger partial charge in [-0.3, -0.25) is 9.59 Å². The Morgan fingerprint density at radius 1 is 1.23 bits per heavy atom. The first-order valence-corrected chi connectivity index (χ1v) is 6.92. The molecule has 0 saturated heterocycles. The van der Waals surface area contributed by atoms with Crippen LogP contribution >= 0.6 is 12.4 Å². The van der Waals surface area contributed by atoms with Crippen LogP contribution < -0.4 is 16.4 Å². The van der Waals surface area contributed by atoms with Gasteiger partial charge in [0.1, 0.15) is 0 Å². The van der Waals surface area contributed by atoms with Gasteiger partial charge in [0.2, 0.25) is 11.8 Å². The highest BCUT2D eigenvalue weighted by Crippen LogP contribution is 2.04. The SMILES string of the molecule is CC(C)[C@H](N)C(=O)NCC(=O)NCc1cccc(CO)c1.Cl. The number of nitrogens with one attached hydrogen (secondary N) is 2. The zero-order valence-corrected chi connectivity index (χ0v) is 13.7. The molecule has 1 aromatic rings. The third kappa shape index (κ3) is 6.89. The molecule has 0 unspecified atom stereocenters. The molecule has 2 amide bonds. The lowest BCUT2D eigenvalue weighted by Gasteiger charge is -2.15. The number of benzene rings is 1. The highest BCUT2D eigenvalue weighted by Gasteiger charge is 2.17. The Labute approximate surface area is 136 Å². The molecular formula is C15H24ClN3O3. The van der Waals surface area contributed by atoms with Crippen LogP contribution in [0.5, 0.6) is 0 Å². The second kappa shape index (κ2) is 10.2. The van der Waals surface area contributed by atoms with Crippen molar-refractivity contribution in [2.75, 3.05) is 6.54 Å². The van der Waals surface area contributed by atoms with Gasteiger partial charge in [-0.2, -0.15) is 0 Å². The summed E-state index contributed by atoms with van der Waals surface area (Å²) in [5.74, 6) is -0.592. The van der Waals surface area contributed by atoms with Crippen molar-refractivity contribution in [3.63, 3.8) is 0 Å². The van der Waals surface area contributed by atoms with Gasteiger partial charge in [-0.25, -0.2) is 0 Å². The summed E-state index contributed by atoms with van der Waals surface area (Å²) in [6.07, 6.45) is 0. The number of amides is 2. The highest BCUT2D eigenvalue weighted by atomic mass is 35.5. The number of nitrogens with two attached hydrogens (primary N) is 1. The average molecular weight is 330 g/mol. The molecule has 5 N–H and O–H groups in total. The lowest BCUT2D eigenvalue weighted by Crippen LogP contribution is -2.47. The van der Waals surface area contributed by atoms with Crippen molar-refractivity contribution >= 4 is 24.2 Å². The van der Waals surface area contributed by atoms with Crippen molar-refractivity contribution in [2.45, 2.75) is 33.0 Å². The Bertz CT molecular complexity index is 495. The molecule has 1 atom stereocenters. The molecule has 0 spiro atoms. The summed E-state index contributed by atoms with van der Waals surface area (Å²) in [5.41, 5.74) is 7.35. The molecule has 124 valence electrons. The van der Waals surface area contributed by atoms with Gasteiger partial charge >= 0.3 is 0 Å². The molecule has 0 aliphatic carbocycles. The normalized spacial score (nSPS) is 11.5. The summed E-state index contributed by atoms with van der Waals surface area (Å²) in [7, 11) is 0. The molecule has 0 fully saturated rings. The summed E-state index contributed by atoms with van der Waals surface area (Å²) in [6.45, 7) is 3.90. The first-order valence-electron chi connectivity index (χ1n) is 6.92. The number of aliphatic hydroxyl groups is 1. The number of hydrogen-bond acceptors (Lipinski definition) is 4. The van der Waals surface area contributed by atoms with Crippen molar-refractivity contribution in [1.82, 2.24) is 10.6 Å². The lowest BCUT2D eigenvalue weighted by molar-refractivity contribution is -0.127. The zero-order valence-electron chi connectivity index (χ0n) is 12.8. The monoisotopic (exact) mass is 329 g/mol. The Kier molecular flexibility index (Phi) is 9.40. The van der Waals surface area contributed by atoms with E-state index in [2.05, 4.69) is 10.6 Å². The van der Waals surface area contributed by atoms with Crippen LogP contribution in [0.4, 0.5) is 0 Å². The van der Waals surface area contributed by atoms with Gasteiger partial charge in [-0.1, -0.05) is 38.1 Å². The Balaban J connectivity index is 0.00000441. The van der Waals surface area contributed by atoms with Crippen molar-refractivity contribution < 1.29 is 14.7 Å². The molecular weight excluding hydrogens is 306 g/mol. The van der Waals surface area contributed by atoms with Crippen LogP contribution in [-0.2, 0) is 22.7 Å². The van der Waals surface area contributed by atoms with Crippen molar-refractivity contribution in [3.05, 3.63) is 35.4 Å². The maximum atomic E-state index is 11.7. The summed E-state index contributed by atoms with van der Waals surface area (Å²) in [4.78, 5) is 23.3. The van der Waals surface area contributed by atoms with Crippen molar-refractivity contribution in [2.24, 2.45) is 11.7 Å². The Morgan fingerprint density at radius 3 is 2.45 bits per heavy atom. The molecule has 0 heterocycles. The quantitative estimate of drug-likeness (QED) is 0.578. The number of hydrogen-bond donors (Lipinski definition) is 4. The van der Waals surface area contributed by atoms with Crippen LogP contribution in [0.3, 0.4) is 0 Å². The molecule has 1 rings (SSSR count). The van der Waals surface area contributed by atoms with E-state index in [1.807, 2.05) is 32.0 Å². The summed E-state index contributed by atoms with van der Waals surface area (Å²) in [6, 6.07) is 6.68. The molecule has 0 radical (unpaired) electrons. The predicted octanol–water partition coefficient (Wildman–Crippen LogP) is 0.316. The molecule has 0 bridgehead atoms. The minimum atomic E-state index is -0.612. The van der Waals surface area contributed by atoms with E-state index in [-0.39, 0.29) is 43.3 Å². The van der Waals surface area contributed by atoms with Gasteiger partial charge in [0.15, 0.2) is 0 Å². The van der Waals surface area contributed by atoms with Gasteiger partial charge in [0.05, 0.1) is 19.2 Å². The number of aliphatic hydroxyl groups excluding tert-OH is 1. The fourth-order valence-corrected chi connectivity index (χ4v) is 1.69. The molecule has 0 aliphatic heterocycles. The maximum absolute atomic E-state index is 11.7. The molecule has 1 aromatic carbocycles. The summed E-state index contributed by atoms with van der Waals surface area (Å²) in [5, 5.41) is 14.2. The van der Waals surface area contributed by atoms with Crippen LogP contribution in [0.15, 0.2) is 24.3 Å². The predicted molar refractivity (Wildman–Crippen MR) is 87.3 cm³/mol. The topological polar surface area (TPSA) is 104 Å².